The third-order valence-electron chi connectivity index (χ3n) is 7.04. The van der Waals surface area contributed by atoms with Crippen molar-refractivity contribution in [2.24, 2.45) is 20.5 Å². The van der Waals surface area contributed by atoms with Gasteiger partial charge in [0.05, 0.1) is 33.4 Å². The van der Waals surface area contributed by atoms with Gasteiger partial charge in [0.2, 0.25) is 0 Å². The van der Waals surface area contributed by atoms with Crippen LogP contribution in [0.5, 0.6) is 17.4 Å². The second kappa shape index (κ2) is 16.5. The third-order valence-corrected chi connectivity index (χ3v) is 8.13. The van der Waals surface area contributed by atoms with Gasteiger partial charge in [-0.05, 0) is 56.3 Å². The third kappa shape index (κ3) is 9.02. The number of aryl methyl sites for hydroxylation is 2. The second-order valence-electron chi connectivity index (χ2n) is 10.6. The number of hydrogen-bond acceptors (Lipinski definition) is 12. The van der Waals surface area contributed by atoms with E-state index in [1.807, 2.05) is 6.07 Å². The van der Waals surface area contributed by atoms with Crippen molar-refractivity contribution in [2.45, 2.75) is 18.7 Å². The molecule has 0 aliphatic carbocycles. The van der Waals surface area contributed by atoms with Crippen molar-refractivity contribution < 1.29 is 50.6 Å². The zero-order chi connectivity index (χ0) is 37.7. The predicted octanol–water partition coefficient (Wildman–Crippen LogP) is 5.88. The van der Waals surface area contributed by atoms with E-state index in [1.54, 1.807) is 68.4 Å². The van der Waals surface area contributed by atoms with Crippen LogP contribution >= 0.6 is 11.6 Å². The van der Waals surface area contributed by atoms with E-state index < -0.39 is 42.9 Å². The fraction of sp³-hybridized carbons (Fsp3) is 0.0625. The van der Waals surface area contributed by atoms with Gasteiger partial charge in [-0.2, -0.15) is 18.6 Å². The summed E-state index contributed by atoms with van der Waals surface area (Å²) in [4.78, 5) is 21.7. The minimum atomic E-state index is -4.66. The van der Waals surface area contributed by atoms with Crippen LogP contribution in [-0.4, -0.2) is 42.6 Å². The maximum Gasteiger partial charge on any atom is 3.00 e. The van der Waals surface area contributed by atoms with E-state index in [9.17, 15) is 38.1 Å². The Morgan fingerprint density at radius 3 is 2.04 bits per heavy atom. The van der Waals surface area contributed by atoms with Crippen molar-refractivity contribution >= 4 is 50.2 Å². The van der Waals surface area contributed by atoms with Gasteiger partial charge >= 0.3 is 33.2 Å². The van der Waals surface area contributed by atoms with Gasteiger partial charge < -0.3 is 15.3 Å². The Balaban J connectivity index is 0.000000233. The van der Waals surface area contributed by atoms with Gasteiger partial charge in [0.1, 0.15) is 5.69 Å². The molecule has 0 saturated heterocycles. The summed E-state index contributed by atoms with van der Waals surface area (Å²) in [7, 11) is -4.66. The molecule has 18 nitrogen and oxygen atoms in total. The average Bonchev–Trinajstić information content (AvgIpc) is 3.56. The summed E-state index contributed by atoms with van der Waals surface area (Å²) in [5.74, 6) is -1.76. The Bertz CT molecular complexity index is 2520. The molecule has 1 radical (unpaired) electrons. The number of H-pyrrole nitrogens is 1. The van der Waals surface area contributed by atoms with E-state index in [1.165, 1.54) is 16.8 Å². The maximum absolute atomic E-state index is 12.5. The monoisotopic (exact) mass is 798 g/mol. The molecule has 0 atom stereocenters. The molecule has 0 saturated carbocycles. The minimum absolute atomic E-state index is 0. The molecular weight excluding hydrogens is 774 g/mol. The second-order valence-corrected chi connectivity index (χ2v) is 12.5. The minimum Gasteiger partial charge on any atom is -0.871 e. The number of para-hydroxylation sites is 2. The molecule has 269 valence electrons. The standard InChI is InChI=1S/C16H13ClN4O5S.C16H13N5O4.Cr/c1-9-14(16(23)21(20-9)11-5-3-2-4-6-11)19-18-12-7-10(17)8-13(15(12)22)27(24,25)26;1-10-15(16(23)20(19-10)11-5-3-2-4-6-11)18-17-13-8-7-12(21(24)25)9-14(13)22;/h2-8,22-23H,1H3,(H,24,25,26);2-9,19,22H,1H3;/q;;+3/p-1. The van der Waals surface area contributed by atoms with E-state index in [0.29, 0.717) is 22.8 Å². The molecule has 6 rings (SSSR count). The number of hydrogen-bond donors (Lipinski definition) is 2. The number of halogens is 1. The number of rotatable bonds is 8. The Morgan fingerprint density at radius 2 is 1.45 bits per heavy atom. The van der Waals surface area contributed by atoms with Crippen LogP contribution in [0.3, 0.4) is 0 Å². The number of nitrogens with zero attached hydrogens (tertiary/aromatic N) is 8. The molecule has 0 spiro atoms. The SMILES string of the molecule is Cc1[nH]n(-c2ccccc2)c(=O)c1N=Nc1ccc([N+](=O)[O-])cc1[O-].Cc1nn(-c2ccccc2)c([O-])c1N=Nc1cc(Cl)cc(S(=O)(=O)O)c1[OH2+].[Cr+3]. The Kier molecular flexibility index (Phi) is 12.3. The summed E-state index contributed by atoms with van der Waals surface area (Å²) in [6.07, 6.45) is 0. The molecule has 2 heterocycles. The van der Waals surface area contributed by atoms with Crippen molar-refractivity contribution in [3.63, 3.8) is 0 Å². The number of nitro groups is 1. The zero-order valence-electron chi connectivity index (χ0n) is 27.2. The van der Waals surface area contributed by atoms with Crippen LogP contribution in [0.15, 0.2) is 121 Å². The van der Waals surface area contributed by atoms with E-state index in [2.05, 4.69) is 30.7 Å². The molecular formula is C32H25ClCrN9O9S+2. The first-order valence-electron chi connectivity index (χ1n) is 14.7. The topological polar surface area (TPSA) is 272 Å². The molecule has 4 aromatic carbocycles. The van der Waals surface area contributed by atoms with Crippen LogP contribution in [0.2, 0.25) is 5.02 Å². The van der Waals surface area contributed by atoms with Crippen LogP contribution in [0.25, 0.3) is 11.4 Å². The largest absolute Gasteiger partial charge is 3.00 e. The Hall–Kier alpha value is -6.17. The first-order valence-corrected chi connectivity index (χ1v) is 16.5. The normalized spacial score (nSPS) is 11.3. The number of nitrogens with one attached hydrogen (secondary N) is 1. The molecule has 0 fully saturated rings. The zero-order valence-corrected chi connectivity index (χ0v) is 30.1. The average molecular weight is 799 g/mol. The Labute approximate surface area is 315 Å². The molecule has 4 N–H and O–H groups in total. The van der Waals surface area contributed by atoms with Gasteiger partial charge in [0.15, 0.2) is 16.3 Å². The quantitative estimate of drug-likeness (QED) is 0.0611. The van der Waals surface area contributed by atoms with Crippen molar-refractivity contribution in [2.75, 3.05) is 0 Å². The van der Waals surface area contributed by atoms with Gasteiger partial charge in [-0.1, -0.05) is 53.7 Å². The molecule has 0 aliphatic heterocycles. The van der Waals surface area contributed by atoms with Crippen molar-refractivity contribution in [1.82, 2.24) is 19.6 Å². The molecule has 21 heteroatoms. The van der Waals surface area contributed by atoms with Gasteiger partial charge in [-0.25, -0.2) is 9.36 Å². The van der Waals surface area contributed by atoms with E-state index in [4.69, 9.17) is 16.7 Å². The number of nitro benzene ring substituents is 1. The van der Waals surface area contributed by atoms with Crippen LogP contribution in [0, 0.1) is 24.0 Å². The molecule has 53 heavy (non-hydrogen) atoms. The molecule has 0 bridgehead atoms. The Morgan fingerprint density at radius 1 is 0.868 bits per heavy atom. The van der Waals surface area contributed by atoms with Gasteiger partial charge in [-0.3, -0.25) is 24.6 Å². The van der Waals surface area contributed by atoms with Crippen molar-refractivity contribution in [1.29, 1.82) is 0 Å². The van der Waals surface area contributed by atoms with Gasteiger partial charge in [0.25, 0.3) is 11.2 Å². The first kappa shape index (κ1) is 39.6. The number of benzene rings is 4. The van der Waals surface area contributed by atoms with Crippen LogP contribution in [-0.2, 0) is 27.5 Å². The van der Waals surface area contributed by atoms with Crippen LogP contribution in [0.4, 0.5) is 28.4 Å². The van der Waals surface area contributed by atoms with Gasteiger partial charge in [-0.15, -0.1) is 15.3 Å². The summed E-state index contributed by atoms with van der Waals surface area (Å²) in [5.41, 5.74) is 0.909. The van der Waals surface area contributed by atoms with E-state index >= 15 is 0 Å². The predicted molar refractivity (Wildman–Crippen MR) is 184 cm³/mol. The molecule has 0 aliphatic rings. The number of aromatic nitrogens is 4. The van der Waals surface area contributed by atoms with Crippen molar-refractivity contribution in [3.05, 3.63) is 128 Å². The summed E-state index contributed by atoms with van der Waals surface area (Å²) in [5, 5.41) is 65.0. The number of aromatic amines is 1. The molecule has 0 amide bonds. The number of non-ortho nitro benzene ring substituents is 1. The summed E-state index contributed by atoms with van der Waals surface area (Å²) < 4.78 is 34.3. The molecule has 2 aromatic heterocycles. The number of azo groups is 2. The maximum atomic E-state index is 12.5. The van der Waals surface area contributed by atoms with E-state index in [0.717, 1.165) is 22.9 Å². The van der Waals surface area contributed by atoms with Crippen molar-refractivity contribution in [3.8, 4) is 28.8 Å². The molecule has 0 unspecified atom stereocenters. The van der Waals surface area contributed by atoms with Crippen LogP contribution in [0.1, 0.15) is 11.4 Å². The van der Waals surface area contributed by atoms with Crippen LogP contribution < -0.4 is 15.8 Å². The van der Waals surface area contributed by atoms with Gasteiger partial charge in [0, 0.05) is 23.0 Å². The fourth-order valence-electron chi connectivity index (χ4n) is 4.53. The summed E-state index contributed by atoms with van der Waals surface area (Å²) >= 11 is 5.82. The summed E-state index contributed by atoms with van der Waals surface area (Å²) in [6, 6.07) is 23.0. The summed E-state index contributed by atoms with van der Waals surface area (Å²) in [6.45, 7) is 3.22. The molecule has 6 aromatic rings. The smallest absolute Gasteiger partial charge is 0.871 e. The fourth-order valence-corrected chi connectivity index (χ4v) is 5.44. The van der Waals surface area contributed by atoms with E-state index in [-0.39, 0.29) is 50.8 Å². The first-order chi connectivity index (χ1) is 24.6.